The zero-order chi connectivity index (χ0) is 79.8. The number of pyridine rings is 4. The van der Waals surface area contributed by atoms with Crippen molar-refractivity contribution in [1.82, 2.24) is 119 Å². The molecule has 0 aliphatic heterocycles. The Bertz CT molecular complexity index is 7120. The molecular formula is C87H68N24O2S4. The average molecular weight is 1610 g/mol. The van der Waals surface area contributed by atoms with Crippen LogP contribution in [0.2, 0.25) is 0 Å². The second-order valence-electron chi connectivity index (χ2n) is 27.4. The number of aromatic amines is 4. The van der Waals surface area contributed by atoms with Crippen LogP contribution in [0.5, 0.6) is 11.5 Å². The van der Waals surface area contributed by atoms with Gasteiger partial charge in [-0.25, -0.2) is 57.9 Å². The molecule has 0 aliphatic carbocycles. The van der Waals surface area contributed by atoms with Crippen molar-refractivity contribution in [3.63, 3.8) is 0 Å². The van der Waals surface area contributed by atoms with Gasteiger partial charge in [0.05, 0.1) is 109 Å². The number of carbonyl (C=O) groups excluding carboxylic acids is 1. The highest BCUT2D eigenvalue weighted by molar-refractivity contribution is 7.20. The maximum Gasteiger partial charge on any atom is 0.167 e. The minimum absolute atomic E-state index is 0.0157. The van der Waals surface area contributed by atoms with Gasteiger partial charge in [-0.3, -0.25) is 25.2 Å². The van der Waals surface area contributed by atoms with E-state index in [4.69, 9.17) is 24.7 Å². The number of rotatable bonds is 15. The van der Waals surface area contributed by atoms with Crippen LogP contribution in [0.4, 0.5) is 0 Å². The molecule has 572 valence electrons. The zero-order valence-electron chi connectivity index (χ0n) is 64.0. The minimum atomic E-state index is 0.0157. The fourth-order valence-electron chi connectivity index (χ4n) is 14.1. The summed E-state index contributed by atoms with van der Waals surface area (Å²) in [5.41, 5.74) is 23.4. The highest BCUT2D eigenvalue weighted by atomic mass is 32.1. The third kappa shape index (κ3) is 14.8. The molecule has 0 bridgehead atoms. The summed E-state index contributed by atoms with van der Waals surface area (Å²) in [7, 11) is 0. The van der Waals surface area contributed by atoms with Crippen LogP contribution in [0.25, 0.3) is 152 Å². The molecule has 117 heavy (non-hydrogen) atoms. The Hall–Kier alpha value is -14.6. The third-order valence-corrected chi connectivity index (χ3v) is 23.5. The van der Waals surface area contributed by atoms with Gasteiger partial charge >= 0.3 is 0 Å². The van der Waals surface area contributed by atoms with Gasteiger partial charge in [0.15, 0.2) is 29.1 Å². The summed E-state index contributed by atoms with van der Waals surface area (Å²) in [6.07, 6.45) is 13.8. The summed E-state index contributed by atoms with van der Waals surface area (Å²) < 4.78 is 13.8. The first kappa shape index (κ1) is 73.9. The first-order chi connectivity index (χ1) is 57.2. The quantitative estimate of drug-likeness (QED) is 0.0693. The number of hydrogen-bond donors (Lipinski definition) is 4. The summed E-state index contributed by atoms with van der Waals surface area (Å²) in [4.78, 5) is 53.2. The molecule has 26 nitrogen and oxygen atoms in total. The van der Waals surface area contributed by atoms with Gasteiger partial charge in [0.2, 0.25) is 0 Å². The van der Waals surface area contributed by atoms with Gasteiger partial charge in [0.1, 0.15) is 56.8 Å². The fourth-order valence-corrected chi connectivity index (χ4v) is 18.6. The van der Waals surface area contributed by atoms with Gasteiger partial charge < -0.3 is 4.74 Å². The number of ketones is 1. The number of nitrogens with zero attached hydrogens (tertiary/aromatic N) is 20. The van der Waals surface area contributed by atoms with Crippen LogP contribution in [0, 0.1) is 48.5 Å². The van der Waals surface area contributed by atoms with Crippen molar-refractivity contribution >= 4 is 73.2 Å². The molecule has 21 rings (SSSR count). The van der Waals surface area contributed by atoms with E-state index < -0.39 is 0 Å². The number of benzene rings is 5. The zero-order valence-corrected chi connectivity index (χ0v) is 67.3. The van der Waals surface area contributed by atoms with Crippen molar-refractivity contribution < 1.29 is 9.53 Å². The summed E-state index contributed by atoms with van der Waals surface area (Å²) in [5, 5.41) is 50.1. The summed E-state index contributed by atoms with van der Waals surface area (Å²) in [6, 6.07) is 64.1. The molecule has 0 unspecified atom stereocenters. The Morgan fingerprint density at radius 1 is 0.342 bits per heavy atom. The first-order valence-corrected chi connectivity index (χ1v) is 40.3. The number of thiazole rings is 4. The Kier molecular flexibility index (Phi) is 20.1. The van der Waals surface area contributed by atoms with Crippen LogP contribution in [-0.4, -0.2) is 125 Å². The molecule has 0 radical (unpaired) electrons. The maximum absolute atomic E-state index is 11.9. The van der Waals surface area contributed by atoms with Crippen LogP contribution in [-0.2, 0) is 0 Å². The second-order valence-corrected chi connectivity index (χ2v) is 31.4. The summed E-state index contributed by atoms with van der Waals surface area (Å²) in [5.74, 6) is 4.26. The highest BCUT2D eigenvalue weighted by Crippen LogP contribution is 2.48. The largest absolute Gasteiger partial charge is 0.457 e. The number of H-pyrrole nitrogens is 4. The molecule has 30 heteroatoms. The fraction of sp³-hybridized carbons (Fsp3) is 0.0920. The molecule has 21 aromatic rings. The molecule has 5 aromatic carbocycles. The van der Waals surface area contributed by atoms with E-state index in [0.29, 0.717) is 17.2 Å². The van der Waals surface area contributed by atoms with Crippen molar-refractivity contribution in [2.45, 2.75) is 55.4 Å². The number of nitrogens with one attached hydrogen (secondary N) is 4. The van der Waals surface area contributed by atoms with Crippen LogP contribution in [0.3, 0.4) is 0 Å². The number of aromatic nitrogens is 24. The van der Waals surface area contributed by atoms with Crippen molar-refractivity contribution in [2.75, 3.05) is 0 Å². The molecule has 16 heterocycles. The van der Waals surface area contributed by atoms with Crippen LogP contribution in [0.1, 0.15) is 56.7 Å². The molecule has 0 saturated carbocycles. The van der Waals surface area contributed by atoms with Crippen molar-refractivity contribution in [3.05, 3.63) is 289 Å². The molecule has 0 spiro atoms. The molecule has 0 saturated heterocycles. The molecule has 0 amide bonds. The average Bonchev–Trinajstić information content (AvgIpc) is 1.62. The third-order valence-electron chi connectivity index (χ3n) is 19.2. The van der Waals surface area contributed by atoms with Crippen LogP contribution in [0.15, 0.2) is 244 Å². The van der Waals surface area contributed by atoms with Crippen molar-refractivity contribution in [1.29, 1.82) is 0 Å². The number of hydrogen-bond acceptors (Lipinski definition) is 22. The molecule has 16 aromatic heterocycles. The number of ether oxygens (including phenoxy) is 1. The van der Waals surface area contributed by atoms with Crippen molar-refractivity contribution in [2.24, 2.45) is 0 Å². The Morgan fingerprint density at radius 2 is 0.692 bits per heavy atom. The smallest absolute Gasteiger partial charge is 0.167 e. The normalized spacial score (nSPS) is 11.3. The van der Waals surface area contributed by atoms with E-state index in [1.54, 1.807) is 40.9 Å². The lowest BCUT2D eigenvalue weighted by molar-refractivity contribution is 0.101. The molecule has 0 aliphatic rings. The van der Waals surface area contributed by atoms with Crippen LogP contribution < -0.4 is 4.74 Å². The summed E-state index contributed by atoms with van der Waals surface area (Å²) in [6.45, 7) is 15.9. The van der Waals surface area contributed by atoms with Gasteiger partial charge in [-0.05, 0) is 152 Å². The molecule has 0 atom stereocenters. The first-order valence-electron chi connectivity index (χ1n) is 37.0. The van der Waals surface area contributed by atoms with Gasteiger partial charge in [-0.1, -0.05) is 114 Å². The summed E-state index contributed by atoms with van der Waals surface area (Å²) >= 11 is 6.31. The Labute approximate surface area is 683 Å². The number of aryl methyl sites for hydroxylation is 7. The lowest BCUT2D eigenvalue weighted by Crippen LogP contribution is -1.92. The van der Waals surface area contributed by atoms with Gasteiger partial charge in [-0.2, -0.15) is 40.8 Å². The van der Waals surface area contributed by atoms with Crippen LogP contribution >= 0.6 is 45.3 Å². The predicted molar refractivity (Wildman–Crippen MR) is 458 cm³/mol. The Morgan fingerprint density at radius 3 is 1.09 bits per heavy atom. The lowest BCUT2D eigenvalue weighted by Gasteiger charge is -2.10. The highest BCUT2D eigenvalue weighted by Gasteiger charge is 2.28. The van der Waals surface area contributed by atoms with Crippen molar-refractivity contribution in [3.8, 4) is 142 Å². The monoisotopic (exact) mass is 1610 g/mol. The molecular weight excluding hydrogens is 1540 g/mol. The van der Waals surface area contributed by atoms with Gasteiger partial charge in [0, 0.05) is 52.6 Å². The van der Waals surface area contributed by atoms with E-state index >= 15 is 0 Å². The number of fused-ring (bicyclic) bond motifs is 4. The van der Waals surface area contributed by atoms with Gasteiger partial charge in [-0.15, -0.1) is 45.3 Å². The van der Waals surface area contributed by atoms with E-state index in [9.17, 15) is 4.79 Å². The Balaban J connectivity index is 0.000000108. The van der Waals surface area contributed by atoms with E-state index in [0.717, 1.165) is 175 Å². The number of Topliss-reactive ketones (excluding diaryl/α,β-unsaturated/α-hetero) is 1. The number of para-hydroxylation sites is 2. The topological polar surface area (TPSA) is 313 Å². The van der Waals surface area contributed by atoms with Gasteiger partial charge in [0.25, 0.3) is 0 Å². The minimum Gasteiger partial charge on any atom is -0.457 e. The van der Waals surface area contributed by atoms with E-state index in [2.05, 4.69) is 163 Å². The maximum atomic E-state index is 11.9. The predicted octanol–water partition coefficient (Wildman–Crippen LogP) is 19.8. The second kappa shape index (κ2) is 31.8. The lowest BCUT2D eigenvalue weighted by atomic mass is 10.0. The van der Waals surface area contributed by atoms with E-state index in [1.165, 1.54) is 53.3 Å². The SMILES string of the molecule is CC(=O)c1cccc(-c2nc(-c3c(C)nn4ccccc34)sc2-c2ncn[nH]2)c1.Cc1cc(C)cc(-c2nc(-c3c(C)nn4ccccc34)sc2-c2ncn[nH]2)c1.Cc1cccc(-c2nc(-c3c(C)nn4ccccc34)sc2-c2ncn[nH]2)c1.Cc1nn2ccccc2c1-c1nc(-c2ccccc2Oc2ccccc2)c(-c2ncn[nH]2)s1. The standard InChI is InChI=1S/C25H18N6OS.C21H16N6OS.C21H18N6S.C20H16N6S/c1-16-21(19-12-7-8-14-31(19)30-16)25-28-22(23(33-25)24-26-15-27-29-24)18-11-5-6-13-20(18)32-17-9-3-2-4-10-17;1-12-17(16-8-3-4-9-27(16)26-12)21-24-18(19(29-21)20-22-11-23-25-20)15-7-5-6-14(10-15)13(2)28;1-12-8-13(2)10-15(9-12)18-19(20-22-11-23-25-20)28-21(24-18)17-14(3)26-27-7-5-4-6-16(17)27;1-12-6-5-7-14(10-12)17-18(19-21-11-22-24-19)27-20(23-17)16-13(2)25-26-9-4-3-8-15(16)26/h2-15H,1H3,(H,26,27,29);3-11H,1-2H3,(H,22,23,25);4-11H,1-3H3,(H,22,23,25);3-11H,1-2H3,(H,21,22,24). The number of carbonyl (C=O) groups is 1. The van der Waals surface area contributed by atoms with E-state index in [1.807, 2.05) is 204 Å². The molecule has 0 fully saturated rings. The van der Waals surface area contributed by atoms with E-state index in [-0.39, 0.29) is 5.78 Å². The molecule has 4 N–H and O–H groups in total.